The quantitative estimate of drug-likeness (QED) is 0.520. The second kappa shape index (κ2) is 8.42. The molecule has 6 heteroatoms. The molecule has 27 heavy (non-hydrogen) atoms. The van der Waals surface area contributed by atoms with Crippen LogP contribution in [0.25, 0.3) is 10.8 Å². The van der Waals surface area contributed by atoms with E-state index in [1.807, 2.05) is 42.5 Å². The highest BCUT2D eigenvalue weighted by atomic mass is 32.1. The summed E-state index contributed by atoms with van der Waals surface area (Å²) in [5, 5.41) is 7.77. The van der Waals surface area contributed by atoms with Crippen LogP contribution in [0.15, 0.2) is 66.7 Å². The van der Waals surface area contributed by atoms with Gasteiger partial charge in [0.25, 0.3) is 5.91 Å². The van der Waals surface area contributed by atoms with Crippen molar-refractivity contribution in [3.63, 3.8) is 0 Å². The lowest BCUT2D eigenvalue weighted by atomic mass is 10.1. The summed E-state index contributed by atoms with van der Waals surface area (Å²) in [6, 6.07) is 20.4. The molecule has 1 amide bonds. The second-order valence-corrected chi connectivity index (χ2v) is 6.34. The van der Waals surface area contributed by atoms with Crippen molar-refractivity contribution in [3.05, 3.63) is 72.3 Å². The number of thiocarbonyl (C=S) groups is 1. The molecule has 3 aromatic rings. The molecule has 0 saturated heterocycles. The summed E-state index contributed by atoms with van der Waals surface area (Å²) in [5.74, 6) is 0.242. The van der Waals surface area contributed by atoms with Crippen LogP contribution < -0.4 is 15.4 Å². The van der Waals surface area contributed by atoms with E-state index in [0.29, 0.717) is 17.0 Å². The topological polar surface area (TPSA) is 67.4 Å². The zero-order valence-electron chi connectivity index (χ0n) is 14.7. The van der Waals surface area contributed by atoms with E-state index in [-0.39, 0.29) is 23.4 Å². The Morgan fingerprint density at radius 3 is 2.37 bits per heavy atom. The third kappa shape index (κ3) is 5.12. The maximum Gasteiger partial charge on any atom is 0.264 e. The molecule has 3 rings (SSSR count). The van der Waals surface area contributed by atoms with Gasteiger partial charge in [-0.3, -0.25) is 14.9 Å². The predicted octanol–water partition coefficient (Wildman–Crippen LogP) is 3.93. The lowest BCUT2D eigenvalue weighted by Gasteiger charge is -2.11. The molecule has 0 aliphatic rings. The number of benzene rings is 3. The Bertz CT molecular complexity index is 1000. The van der Waals surface area contributed by atoms with Gasteiger partial charge in [-0.05, 0) is 66.3 Å². The Balaban J connectivity index is 1.50. The summed E-state index contributed by atoms with van der Waals surface area (Å²) < 4.78 is 5.53. The van der Waals surface area contributed by atoms with Gasteiger partial charge < -0.3 is 10.1 Å². The molecule has 136 valence electrons. The molecule has 2 N–H and O–H groups in total. The number of amides is 1. The van der Waals surface area contributed by atoms with Gasteiger partial charge in [-0.15, -0.1) is 0 Å². The minimum absolute atomic E-state index is 0.0109. The number of fused-ring (bicyclic) bond motifs is 1. The summed E-state index contributed by atoms with van der Waals surface area (Å²) in [7, 11) is 0. The Morgan fingerprint density at radius 2 is 1.67 bits per heavy atom. The molecule has 0 aliphatic carbocycles. The molecular formula is C21H18N2O3S. The van der Waals surface area contributed by atoms with E-state index in [9.17, 15) is 9.59 Å². The Hall–Kier alpha value is -3.25. The van der Waals surface area contributed by atoms with Crippen molar-refractivity contribution in [2.45, 2.75) is 6.92 Å². The monoisotopic (exact) mass is 378 g/mol. The lowest BCUT2D eigenvalue weighted by Crippen LogP contribution is -2.37. The maximum atomic E-state index is 12.0. The predicted molar refractivity (Wildman–Crippen MR) is 110 cm³/mol. The molecule has 0 aliphatic heterocycles. The van der Waals surface area contributed by atoms with E-state index in [1.165, 1.54) is 6.92 Å². The van der Waals surface area contributed by atoms with E-state index < -0.39 is 0 Å². The molecular weight excluding hydrogens is 360 g/mol. The van der Waals surface area contributed by atoms with Crippen LogP contribution in [0.2, 0.25) is 0 Å². The van der Waals surface area contributed by atoms with E-state index in [2.05, 4.69) is 10.6 Å². The first-order chi connectivity index (χ1) is 13.0. The number of hydrogen-bond donors (Lipinski definition) is 2. The van der Waals surface area contributed by atoms with Crippen molar-refractivity contribution in [1.29, 1.82) is 0 Å². The number of hydrogen-bond acceptors (Lipinski definition) is 4. The summed E-state index contributed by atoms with van der Waals surface area (Å²) in [5.41, 5.74) is 1.29. The smallest absolute Gasteiger partial charge is 0.264 e. The van der Waals surface area contributed by atoms with Gasteiger partial charge in [-0.1, -0.05) is 30.3 Å². The highest BCUT2D eigenvalue weighted by molar-refractivity contribution is 7.80. The Kier molecular flexibility index (Phi) is 5.78. The molecule has 0 spiro atoms. The largest absolute Gasteiger partial charge is 0.484 e. The molecule has 0 heterocycles. The fraction of sp³-hybridized carbons (Fsp3) is 0.0952. The zero-order valence-corrected chi connectivity index (χ0v) is 15.5. The average molecular weight is 378 g/mol. The van der Waals surface area contributed by atoms with Crippen LogP contribution in [0.3, 0.4) is 0 Å². The van der Waals surface area contributed by atoms with E-state index >= 15 is 0 Å². The first-order valence-corrected chi connectivity index (χ1v) is 8.75. The van der Waals surface area contributed by atoms with Gasteiger partial charge in [0, 0.05) is 11.3 Å². The van der Waals surface area contributed by atoms with Crippen molar-refractivity contribution >= 4 is 45.5 Å². The van der Waals surface area contributed by atoms with Crippen molar-refractivity contribution in [1.82, 2.24) is 5.32 Å². The van der Waals surface area contributed by atoms with Crippen molar-refractivity contribution < 1.29 is 14.3 Å². The lowest BCUT2D eigenvalue weighted by molar-refractivity contribution is -0.121. The standard InChI is InChI=1S/C21H18N2O3S/c1-14(24)15-6-9-18(10-7-15)22-21(27)23-20(25)13-26-19-11-8-16-4-2-3-5-17(16)12-19/h2-12H,13H2,1H3,(H2,22,23,25,27). The number of anilines is 1. The highest BCUT2D eigenvalue weighted by Crippen LogP contribution is 2.20. The molecule has 0 aromatic heterocycles. The van der Waals surface area contributed by atoms with Gasteiger partial charge in [0.05, 0.1) is 0 Å². The summed E-state index contributed by atoms with van der Waals surface area (Å²) in [6.45, 7) is 1.35. The first-order valence-electron chi connectivity index (χ1n) is 8.35. The van der Waals surface area contributed by atoms with Gasteiger partial charge >= 0.3 is 0 Å². The van der Waals surface area contributed by atoms with E-state index in [0.717, 1.165) is 10.8 Å². The van der Waals surface area contributed by atoms with Crippen LogP contribution in [0.4, 0.5) is 5.69 Å². The van der Waals surface area contributed by atoms with Gasteiger partial charge in [0.2, 0.25) is 0 Å². The molecule has 5 nitrogen and oxygen atoms in total. The SMILES string of the molecule is CC(=O)c1ccc(NC(=S)NC(=O)COc2ccc3ccccc3c2)cc1. The van der Waals surface area contributed by atoms with Crippen molar-refractivity contribution in [2.24, 2.45) is 0 Å². The van der Waals surface area contributed by atoms with E-state index in [1.54, 1.807) is 24.3 Å². The van der Waals surface area contributed by atoms with Crippen LogP contribution in [0.1, 0.15) is 17.3 Å². The Morgan fingerprint density at radius 1 is 0.963 bits per heavy atom. The normalized spacial score (nSPS) is 10.3. The summed E-state index contributed by atoms with van der Waals surface area (Å²) >= 11 is 5.13. The third-order valence-corrected chi connectivity index (χ3v) is 4.10. The molecule has 3 aromatic carbocycles. The van der Waals surface area contributed by atoms with Crippen molar-refractivity contribution in [2.75, 3.05) is 11.9 Å². The van der Waals surface area contributed by atoms with Crippen LogP contribution in [0, 0.1) is 0 Å². The van der Waals surface area contributed by atoms with Gasteiger partial charge in [0.15, 0.2) is 17.5 Å². The van der Waals surface area contributed by atoms with Crippen molar-refractivity contribution in [3.8, 4) is 5.75 Å². The molecule has 0 bridgehead atoms. The molecule has 0 atom stereocenters. The third-order valence-electron chi connectivity index (χ3n) is 3.89. The number of carbonyl (C=O) groups excluding carboxylic acids is 2. The zero-order chi connectivity index (χ0) is 19.2. The highest BCUT2D eigenvalue weighted by Gasteiger charge is 2.07. The molecule has 0 unspecified atom stereocenters. The summed E-state index contributed by atoms with van der Waals surface area (Å²) in [6.07, 6.45) is 0. The fourth-order valence-electron chi connectivity index (χ4n) is 2.52. The van der Waals surface area contributed by atoms with Crippen LogP contribution in [-0.2, 0) is 4.79 Å². The Labute approximate surface area is 162 Å². The maximum absolute atomic E-state index is 12.0. The number of nitrogens with one attached hydrogen (secondary N) is 2. The van der Waals surface area contributed by atoms with Crippen LogP contribution in [0.5, 0.6) is 5.75 Å². The number of ketones is 1. The van der Waals surface area contributed by atoms with Gasteiger partial charge in [-0.25, -0.2) is 0 Å². The minimum atomic E-state index is -0.360. The first kappa shape index (κ1) is 18.5. The minimum Gasteiger partial charge on any atom is -0.484 e. The van der Waals surface area contributed by atoms with Crippen LogP contribution >= 0.6 is 12.2 Å². The van der Waals surface area contributed by atoms with Crippen LogP contribution in [-0.4, -0.2) is 23.4 Å². The number of rotatable bonds is 5. The fourth-order valence-corrected chi connectivity index (χ4v) is 2.75. The van der Waals surface area contributed by atoms with Gasteiger partial charge in [0.1, 0.15) is 5.75 Å². The summed E-state index contributed by atoms with van der Waals surface area (Å²) in [4.78, 5) is 23.3. The van der Waals surface area contributed by atoms with Gasteiger partial charge in [-0.2, -0.15) is 0 Å². The number of carbonyl (C=O) groups is 2. The molecule has 0 saturated carbocycles. The average Bonchev–Trinajstić information content (AvgIpc) is 2.66. The number of ether oxygens (including phenoxy) is 1. The number of Topliss-reactive ketones (excluding diaryl/α,β-unsaturated/α-hetero) is 1. The van der Waals surface area contributed by atoms with E-state index in [4.69, 9.17) is 17.0 Å². The molecule has 0 radical (unpaired) electrons. The second-order valence-electron chi connectivity index (χ2n) is 5.93. The molecule has 0 fully saturated rings.